The maximum absolute atomic E-state index is 10.6. The Kier molecular flexibility index (Phi) is 5.43. The first kappa shape index (κ1) is 15.6. The van der Waals surface area contributed by atoms with E-state index in [1.807, 2.05) is 12.1 Å². The fourth-order valence-electron chi connectivity index (χ4n) is 1.48. The molecular weight excluding hydrogens is 316 g/mol. The van der Waals surface area contributed by atoms with Crippen molar-refractivity contribution in [1.82, 2.24) is 15.5 Å². The highest BCUT2D eigenvalue weighted by atomic mass is 35.5. The smallest absolute Gasteiger partial charge is 0.312 e. The molecule has 0 aliphatic heterocycles. The summed E-state index contributed by atoms with van der Waals surface area (Å²) in [5.41, 5.74) is 4.21. The predicted molar refractivity (Wildman–Crippen MR) is 77.7 cm³/mol. The number of carbonyl (C=O) groups excluding carboxylic acids is 1. The fourth-order valence-corrected chi connectivity index (χ4v) is 2.44. The van der Waals surface area contributed by atoms with Gasteiger partial charge >= 0.3 is 6.03 Å². The zero-order valence-electron chi connectivity index (χ0n) is 10.8. The Morgan fingerprint density at radius 1 is 1.48 bits per heavy atom. The summed E-state index contributed by atoms with van der Waals surface area (Å²) >= 11 is 7.05. The standard InChI is InChI=1S/C12H13ClN4O3S/c13-7-1-3-8(4-2-7)21-11(18)5-9-16-10(20-17-9)6-15-12(14)19/h1-4,11,18H,5-6H2,(H3,14,15,19)/t11-/m1/s1. The third-order valence-electron chi connectivity index (χ3n) is 2.37. The molecule has 7 nitrogen and oxygen atoms in total. The number of hydrogen-bond acceptors (Lipinski definition) is 6. The van der Waals surface area contributed by atoms with Gasteiger partial charge in [-0.05, 0) is 24.3 Å². The van der Waals surface area contributed by atoms with Crippen molar-refractivity contribution in [2.45, 2.75) is 23.3 Å². The highest BCUT2D eigenvalue weighted by Gasteiger charge is 2.13. The van der Waals surface area contributed by atoms with Crippen LogP contribution in [0.5, 0.6) is 0 Å². The third-order valence-corrected chi connectivity index (χ3v) is 3.60. The van der Waals surface area contributed by atoms with Crippen LogP contribution in [-0.4, -0.2) is 26.7 Å². The van der Waals surface area contributed by atoms with E-state index in [9.17, 15) is 9.90 Å². The number of carbonyl (C=O) groups is 1. The second-order valence-corrected chi connectivity index (χ2v) is 5.74. The Bertz CT molecular complexity index is 605. The second kappa shape index (κ2) is 7.30. The zero-order chi connectivity index (χ0) is 15.2. The van der Waals surface area contributed by atoms with Gasteiger partial charge in [-0.2, -0.15) is 4.98 Å². The minimum absolute atomic E-state index is 0.0583. The number of aromatic nitrogens is 2. The quantitative estimate of drug-likeness (QED) is 0.547. The number of hydrogen-bond donors (Lipinski definition) is 3. The molecule has 0 spiro atoms. The molecule has 2 rings (SSSR count). The highest BCUT2D eigenvalue weighted by Crippen LogP contribution is 2.25. The SMILES string of the molecule is NC(=O)NCc1nc(C[C@H](O)Sc2ccc(Cl)cc2)no1. The molecule has 0 saturated carbocycles. The van der Waals surface area contributed by atoms with Crippen LogP contribution >= 0.6 is 23.4 Å². The molecule has 0 saturated heterocycles. The van der Waals surface area contributed by atoms with Gasteiger partial charge in [-0.3, -0.25) is 0 Å². The van der Waals surface area contributed by atoms with Crippen molar-refractivity contribution in [2.75, 3.05) is 0 Å². The van der Waals surface area contributed by atoms with E-state index in [4.69, 9.17) is 21.9 Å². The minimum Gasteiger partial charge on any atom is -0.382 e. The van der Waals surface area contributed by atoms with Crippen LogP contribution < -0.4 is 11.1 Å². The fraction of sp³-hybridized carbons (Fsp3) is 0.250. The van der Waals surface area contributed by atoms with Gasteiger partial charge in [0.2, 0.25) is 5.89 Å². The van der Waals surface area contributed by atoms with Crippen LogP contribution in [0.1, 0.15) is 11.7 Å². The van der Waals surface area contributed by atoms with Crippen LogP contribution in [-0.2, 0) is 13.0 Å². The van der Waals surface area contributed by atoms with Gasteiger partial charge in [0, 0.05) is 16.3 Å². The van der Waals surface area contributed by atoms with E-state index < -0.39 is 11.5 Å². The summed E-state index contributed by atoms with van der Waals surface area (Å²) in [4.78, 5) is 15.5. The lowest BCUT2D eigenvalue weighted by atomic mass is 10.4. The van der Waals surface area contributed by atoms with Crippen LogP contribution in [0.25, 0.3) is 0 Å². The Morgan fingerprint density at radius 3 is 2.86 bits per heavy atom. The topological polar surface area (TPSA) is 114 Å². The van der Waals surface area contributed by atoms with Crippen molar-refractivity contribution in [2.24, 2.45) is 5.73 Å². The molecule has 0 fully saturated rings. The summed E-state index contributed by atoms with van der Waals surface area (Å²) in [6.07, 6.45) is 0.216. The summed E-state index contributed by atoms with van der Waals surface area (Å²) in [5, 5.41) is 16.7. The van der Waals surface area contributed by atoms with Gasteiger partial charge in [-0.1, -0.05) is 28.5 Å². The van der Waals surface area contributed by atoms with E-state index in [1.165, 1.54) is 11.8 Å². The first-order valence-electron chi connectivity index (χ1n) is 5.98. The van der Waals surface area contributed by atoms with Crippen LogP contribution in [0.3, 0.4) is 0 Å². The number of aliphatic hydroxyl groups excluding tert-OH is 1. The maximum atomic E-state index is 10.6. The first-order valence-corrected chi connectivity index (χ1v) is 7.24. The second-order valence-electron chi connectivity index (χ2n) is 4.05. The van der Waals surface area contributed by atoms with Crippen molar-refractivity contribution >= 4 is 29.4 Å². The van der Waals surface area contributed by atoms with Gasteiger partial charge in [-0.15, -0.1) is 0 Å². The van der Waals surface area contributed by atoms with Crippen LogP contribution in [0.4, 0.5) is 4.79 Å². The van der Waals surface area contributed by atoms with E-state index in [2.05, 4.69) is 15.5 Å². The molecule has 112 valence electrons. The number of primary amides is 1. The zero-order valence-corrected chi connectivity index (χ0v) is 12.4. The number of benzene rings is 1. The van der Waals surface area contributed by atoms with Crippen molar-refractivity contribution in [3.8, 4) is 0 Å². The summed E-state index contributed by atoms with van der Waals surface area (Å²) in [7, 11) is 0. The number of amides is 2. The Labute approximate surface area is 129 Å². The van der Waals surface area contributed by atoms with E-state index in [-0.39, 0.29) is 18.9 Å². The maximum Gasteiger partial charge on any atom is 0.312 e. The number of thioether (sulfide) groups is 1. The van der Waals surface area contributed by atoms with Crippen LogP contribution in [0, 0.1) is 0 Å². The number of urea groups is 1. The lowest BCUT2D eigenvalue weighted by Gasteiger charge is -2.07. The lowest BCUT2D eigenvalue weighted by molar-refractivity contribution is 0.246. The molecule has 1 aromatic heterocycles. The summed E-state index contributed by atoms with van der Waals surface area (Å²) in [5.74, 6) is 0.581. The number of halogens is 1. The van der Waals surface area contributed by atoms with E-state index in [1.54, 1.807) is 12.1 Å². The molecule has 2 amide bonds. The number of aliphatic hydroxyl groups is 1. The predicted octanol–water partition coefficient (Wildman–Crippen LogP) is 1.54. The summed E-state index contributed by atoms with van der Waals surface area (Å²) < 4.78 is 4.91. The molecule has 0 unspecified atom stereocenters. The van der Waals surface area contributed by atoms with Gasteiger partial charge in [0.05, 0.1) is 6.54 Å². The van der Waals surface area contributed by atoms with Crippen molar-refractivity contribution in [3.63, 3.8) is 0 Å². The van der Waals surface area contributed by atoms with E-state index in [0.717, 1.165) is 4.90 Å². The highest BCUT2D eigenvalue weighted by molar-refractivity contribution is 7.99. The number of nitrogens with two attached hydrogens (primary N) is 1. The van der Waals surface area contributed by atoms with E-state index >= 15 is 0 Å². The van der Waals surface area contributed by atoms with Crippen molar-refractivity contribution in [1.29, 1.82) is 0 Å². The molecule has 1 heterocycles. The minimum atomic E-state index is -0.722. The molecule has 0 aliphatic rings. The number of nitrogens with one attached hydrogen (secondary N) is 1. The van der Waals surface area contributed by atoms with Gasteiger partial charge in [0.1, 0.15) is 5.44 Å². The molecular formula is C12H13ClN4O3S. The molecule has 4 N–H and O–H groups in total. The van der Waals surface area contributed by atoms with Gasteiger partial charge < -0.3 is 20.7 Å². The molecule has 21 heavy (non-hydrogen) atoms. The van der Waals surface area contributed by atoms with Gasteiger partial charge in [-0.25, -0.2) is 4.79 Å². The summed E-state index contributed by atoms with van der Waals surface area (Å²) in [6, 6.07) is 6.45. The molecule has 9 heteroatoms. The Hall–Kier alpha value is -1.77. The van der Waals surface area contributed by atoms with Crippen LogP contribution in [0.2, 0.25) is 5.02 Å². The van der Waals surface area contributed by atoms with E-state index in [0.29, 0.717) is 10.8 Å². The van der Waals surface area contributed by atoms with Crippen molar-refractivity contribution < 1.29 is 14.4 Å². The monoisotopic (exact) mass is 328 g/mol. The lowest BCUT2D eigenvalue weighted by Crippen LogP contribution is -2.28. The first-order chi connectivity index (χ1) is 10.0. The normalized spacial score (nSPS) is 12.1. The van der Waals surface area contributed by atoms with Gasteiger partial charge in [0.15, 0.2) is 5.82 Å². The molecule has 0 bridgehead atoms. The van der Waals surface area contributed by atoms with Crippen molar-refractivity contribution in [3.05, 3.63) is 41.0 Å². The molecule has 1 atom stereocenters. The molecule has 0 aliphatic carbocycles. The summed E-state index contributed by atoms with van der Waals surface area (Å²) in [6.45, 7) is 0.0583. The molecule has 2 aromatic rings. The third kappa shape index (κ3) is 5.25. The molecule has 0 radical (unpaired) electrons. The molecule has 1 aromatic carbocycles. The van der Waals surface area contributed by atoms with Crippen LogP contribution in [0.15, 0.2) is 33.7 Å². The average Bonchev–Trinajstić information content (AvgIpc) is 2.86. The van der Waals surface area contributed by atoms with Gasteiger partial charge in [0.25, 0.3) is 0 Å². The largest absolute Gasteiger partial charge is 0.382 e. The number of nitrogens with zero attached hydrogens (tertiary/aromatic N) is 2. The number of rotatable bonds is 6. The Balaban J connectivity index is 1.86. The Morgan fingerprint density at radius 2 is 2.19 bits per heavy atom. The average molecular weight is 329 g/mol.